The molecule has 4 rings (SSSR count). The van der Waals surface area contributed by atoms with Gasteiger partial charge in [0.2, 0.25) is 0 Å². The van der Waals surface area contributed by atoms with E-state index in [1.54, 1.807) is 0 Å². The minimum atomic E-state index is 0.849. The lowest BCUT2D eigenvalue weighted by molar-refractivity contribution is 1.10. The van der Waals surface area contributed by atoms with Crippen LogP contribution >= 0.6 is 0 Å². The van der Waals surface area contributed by atoms with Gasteiger partial charge in [0, 0.05) is 18.0 Å². The number of hydrogen-bond donors (Lipinski definition) is 0. The highest BCUT2D eigenvalue weighted by Gasteiger charge is 2.05. The first kappa shape index (κ1) is 13.7. The fourth-order valence-corrected chi connectivity index (χ4v) is 3.01. The van der Waals surface area contributed by atoms with Gasteiger partial charge in [-0.25, -0.2) is 0 Å². The van der Waals surface area contributed by atoms with E-state index in [1.807, 2.05) is 12.3 Å². The summed E-state index contributed by atoms with van der Waals surface area (Å²) in [6.45, 7) is 0. The molecule has 23 heavy (non-hydrogen) atoms. The summed E-state index contributed by atoms with van der Waals surface area (Å²) in [7, 11) is 0. The van der Waals surface area contributed by atoms with Crippen LogP contribution in [-0.4, -0.2) is 4.98 Å². The van der Waals surface area contributed by atoms with Crippen LogP contribution in [0.25, 0.3) is 21.9 Å². The Hall–Kier alpha value is -2.93. The lowest BCUT2D eigenvalue weighted by atomic mass is 9.99. The van der Waals surface area contributed by atoms with E-state index < -0.39 is 0 Å². The third kappa shape index (κ3) is 2.86. The van der Waals surface area contributed by atoms with Crippen molar-refractivity contribution in [2.75, 3.05) is 0 Å². The van der Waals surface area contributed by atoms with Gasteiger partial charge in [-0.05, 0) is 28.1 Å². The van der Waals surface area contributed by atoms with Gasteiger partial charge in [0.25, 0.3) is 0 Å². The van der Waals surface area contributed by atoms with Crippen molar-refractivity contribution in [3.8, 4) is 11.1 Å². The molecule has 0 unspecified atom stereocenters. The molecule has 0 amide bonds. The van der Waals surface area contributed by atoms with Crippen molar-refractivity contribution in [3.63, 3.8) is 0 Å². The van der Waals surface area contributed by atoms with Crippen LogP contribution in [0, 0.1) is 0 Å². The molecule has 0 aliphatic carbocycles. The van der Waals surface area contributed by atoms with Crippen molar-refractivity contribution < 1.29 is 0 Å². The van der Waals surface area contributed by atoms with Gasteiger partial charge in [0.15, 0.2) is 0 Å². The van der Waals surface area contributed by atoms with E-state index in [9.17, 15) is 0 Å². The third-order valence-electron chi connectivity index (χ3n) is 4.16. The predicted octanol–water partition coefficient (Wildman–Crippen LogP) is 5.49. The van der Waals surface area contributed by atoms with Crippen molar-refractivity contribution in [1.82, 2.24) is 4.98 Å². The molecule has 0 spiro atoms. The maximum absolute atomic E-state index is 4.60. The van der Waals surface area contributed by atoms with Crippen molar-refractivity contribution >= 4 is 10.8 Å². The Morgan fingerprint density at radius 1 is 0.652 bits per heavy atom. The Labute approximate surface area is 136 Å². The second-order valence-electron chi connectivity index (χ2n) is 5.72. The van der Waals surface area contributed by atoms with Gasteiger partial charge in [0.05, 0.1) is 5.69 Å². The number of rotatable bonds is 3. The lowest BCUT2D eigenvalue weighted by Gasteiger charge is -2.08. The number of nitrogens with zero attached hydrogens (tertiary/aromatic N) is 1. The largest absolute Gasteiger partial charge is 0.260 e. The van der Waals surface area contributed by atoms with Gasteiger partial charge in [-0.2, -0.15) is 0 Å². The highest BCUT2D eigenvalue weighted by atomic mass is 14.7. The van der Waals surface area contributed by atoms with Crippen LogP contribution in [0.5, 0.6) is 0 Å². The second-order valence-corrected chi connectivity index (χ2v) is 5.72. The molecule has 0 fully saturated rings. The monoisotopic (exact) mass is 295 g/mol. The van der Waals surface area contributed by atoms with E-state index in [1.165, 1.54) is 27.5 Å². The maximum atomic E-state index is 4.60. The van der Waals surface area contributed by atoms with E-state index in [2.05, 4.69) is 83.8 Å². The van der Waals surface area contributed by atoms with Crippen LogP contribution in [0.4, 0.5) is 0 Å². The van der Waals surface area contributed by atoms with Crippen molar-refractivity contribution in [1.29, 1.82) is 0 Å². The molecule has 0 radical (unpaired) electrons. The number of benzene rings is 3. The van der Waals surface area contributed by atoms with Crippen molar-refractivity contribution in [3.05, 3.63) is 102 Å². The van der Waals surface area contributed by atoms with Crippen LogP contribution in [0.2, 0.25) is 0 Å². The quantitative estimate of drug-likeness (QED) is 0.487. The van der Waals surface area contributed by atoms with E-state index >= 15 is 0 Å². The molecular weight excluding hydrogens is 278 g/mol. The number of pyridine rings is 1. The Morgan fingerprint density at radius 3 is 2.35 bits per heavy atom. The van der Waals surface area contributed by atoms with E-state index in [0.717, 1.165) is 12.1 Å². The fraction of sp³-hybridized carbons (Fsp3) is 0.0455. The summed E-state index contributed by atoms with van der Waals surface area (Å²) in [5.41, 5.74) is 4.92. The molecular formula is C22H17N. The topological polar surface area (TPSA) is 12.9 Å². The SMILES string of the molecule is c1ccc(-c2cccc(Cc3nccc4ccccc34)c2)cc1. The molecule has 4 aromatic rings. The molecule has 0 aliphatic rings. The zero-order chi connectivity index (χ0) is 15.5. The summed E-state index contributed by atoms with van der Waals surface area (Å²) in [6.07, 6.45) is 2.75. The Balaban J connectivity index is 1.72. The van der Waals surface area contributed by atoms with Gasteiger partial charge < -0.3 is 0 Å². The van der Waals surface area contributed by atoms with Gasteiger partial charge >= 0.3 is 0 Å². The average Bonchev–Trinajstić information content (AvgIpc) is 2.63. The minimum Gasteiger partial charge on any atom is -0.260 e. The summed E-state index contributed by atoms with van der Waals surface area (Å²) in [6, 6.07) is 29.7. The first-order valence-corrected chi connectivity index (χ1v) is 7.87. The van der Waals surface area contributed by atoms with Gasteiger partial charge in [-0.15, -0.1) is 0 Å². The molecule has 3 aromatic carbocycles. The average molecular weight is 295 g/mol. The Bertz CT molecular complexity index is 937. The fourth-order valence-electron chi connectivity index (χ4n) is 3.01. The zero-order valence-electron chi connectivity index (χ0n) is 12.8. The lowest BCUT2D eigenvalue weighted by Crippen LogP contribution is -1.94. The normalized spacial score (nSPS) is 10.8. The van der Waals surface area contributed by atoms with Crippen LogP contribution < -0.4 is 0 Å². The van der Waals surface area contributed by atoms with Crippen molar-refractivity contribution in [2.24, 2.45) is 0 Å². The molecule has 1 aromatic heterocycles. The van der Waals surface area contributed by atoms with Gasteiger partial charge in [0.1, 0.15) is 0 Å². The standard InChI is InChI=1S/C22H17N/c1-2-8-18(9-3-1)20-11-6-7-17(15-20)16-22-21-12-5-4-10-19(21)13-14-23-22/h1-15H,16H2. The summed E-state index contributed by atoms with van der Waals surface area (Å²) in [5, 5.41) is 2.48. The minimum absolute atomic E-state index is 0.849. The van der Waals surface area contributed by atoms with Crippen LogP contribution in [0.1, 0.15) is 11.3 Å². The first-order chi connectivity index (χ1) is 11.4. The molecule has 0 aliphatic heterocycles. The number of aromatic nitrogens is 1. The first-order valence-electron chi connectivity index (χ1n) is 7.87. The molecule has 0 saturated carbocycles. The molecule has 1 heteroatoms. The Morgan fingerprint density at radius 2 is 1.43 bits per heavy atom. The molecule has 110 valence electrons. The van der Waals surface area contributed by atoms with Crippen LogP contribution in [-0.2, 0) is 6.42 Å². The van der Waals surface area contributed by atoms with E-state index in [-0.39, 0.29) is 0 Å². The van der Waals surface area contributed by atoms with Crippen molar-refractivity contribution in [2.45, 2.75) is 6.42 Å². The molecule has 0 bridgehead atoms. The molecule has 1 nitrogen and oxygen atoms in total. The number of hydrogen-bond acceptors (Lipinski definition) is 1. The van der Waals surface area contributed by atoms with E-state index in [4.69, 9.17) is 0 Å². The summed E-state index contributed by atoms with van der Waals surface area (Å²) in [4.78, 5) is 4.60. The van der Waals surface area contributed by atoms with Crippen LogP contribution in [0.3, 0.4) is 0 Å². The molecule has 0 saturated heterocycles. The van der Waals surface area contributed by atoms with Gasteiger partial charge in [-0.3, -0.25) is 4.98 Å². The van der Waals surface area contributed by atoms with E-state index in [0.29, 0.717) is 0 Å². The highest BCUT2D eigenvalue weighted by molar-refractivity contribution is 5.84. The second kappa shape index (κ2) is 6.05. The zero-order valence-corrected chi connectivity index (χ0v) is 12.8. The summed E-state index contributed by atoms with van der Waals surface area (Å²) < 4.78 is 0. The molecule has 0 N–H and O–H groups in total. The Kier molecular flexibility index (Phi) is 3.61. The smallest absolute Gasteiger partial charge is 0.0525 e. The maximum Gasteiger partial charge on any atom is 0.0525 e. The van der Waals surface area contributed by atoms with Crippen LogP contribution in [0.15, 0.2) is 91.1 Å². The predicted molar refractivity (Wildman–Crippen MR) is 96.4 cm³/mol. The molecule has 0 atom stereocenters. The highest BCUT2D eigenvalue weighted by Crippen LogP contribution is 2.23. The molecule has 1 heterocycles. The third-order valence-corrected chi connectivity index (χ3v) is 4.16. The van der Waals surface area contributed by atoms with Gasteiger partial charge in [-0.1, -0.05) is 78.9 Å². The summed E-state index contributed by atoms with van der Waals surface area (Å²) >= 11 is 0. The summed E-state index contributed by atoms with van der Waals surface area (Å²) in [5.74, 6) is 0. The number of fused-ring (bicyclic) bond motifs is 1.